The molecule has 0 radical (unpaired) electrons. The molecule has 1 unspecified atom stereocenters. The van der Waals surface area contributed by atoms with Gasteiger partial charge in [-0.05, 0) is 19.8 Å². The lowest BCUT2D eigenvalue weighted by Crippen LogP contribution is -2.33. The lowest BCUT2D eigenvalue weighted by molar-refractivity contribution is -0.0730. The van der Waals surface area contributed by atoms with Crippen molar-refractivity contribution < 1.29 is 9.84 Å². The fourth-order valence-electron chi connectivity index (χ4n) is 1.19. The fourth-order valence-corrected chi connectivity index (χ4v) is 1.19. The van der Waals surface area contributed by atoms with Crippen LogP contribution >= 0.6 is 0 Å². The summed E-state index contributed by atoms with van der Waals surface area (Å²) < 4.78 is 5.61. The molecule has 2 heteroatoms. The quantitative estimate of drug-likeness (QED) is 0.600. The largest absolute Gasteiger partial charge is 0.393 e. The van der Waals surface area contributed by atoms with Crippen LogP contribution in [-0.4, -0.2) is 23.9 Å². The molecule has 0 aliphatic rings. The maximum Gasteiger partial charge on any atom is 0.0884 e. The minimum Gasteiger partial charge on any atom is -0.393 e. The van der Waals surface area contributed by atoms with Crippen LogP contribution in [-0.2, 0) is 4.74 Å². The summed E-state index contributed by atoms with van der Waals surface area (Å²) in [6.07, 6.45) is 4.23. The average molecular weight is 174 g/mol. The number of rotatable bonds is 7. The Labute approximate surface area is 75.9 Å². The maximum absolute atomic E-state index is 9.09. The highest BCUT2D eigenvalue weighted by Crippen LogP contribution is 2.17. The van der Waals surface area contributed by atoms with Crippen LogP contribution in [0, 0.1) is 0 Å². The molecule has 0 bridgehead atoms. The van der Waals surface area contributed by atoms with Crippen LogP contribution < -0.4 is 0 Å². The SMILES string of the molecule is CCCCOC(C)(CO)CCC. The summed E-state index contributed by atoms with van der Waals surface area (Å²) in [5.74, 6) is 0. The van der Waals surface area contributed by atoms with Crippen molar-refractivity contribution in [1.29, 1.82) is 0 Å². The first-order valence-electron chi connectivity index (χ1n) is 4.93. The smallest absolute Gasteiger partial charge is 0.0884 e. The molecule has 0 saturated heterocycles. The van der Waals surface area contributed by atoms with Crippen molar-refractivity contribution >= 4 is 0 Å². The van der Waals surface area contributed by atoms with Gasteiger partial charge in [0, 0.05) is 6.61 Å². The molecule has 0 aliphatic heterocycles. The topological polar surface area (TPSA) is 29.5 Å². The highest BCUT2D eigenvalue weighted by molar-refractivity contribution is 4.72. The molecule has 12 heavy (non-hydrogen) atoms. The lowest BCUT2D eigenvalue weighted by Gasteiger charge is -2.27. The molecular weight excluding hydrogens is 152 g/mol. The van der Waals surface area contributed by atoms with Gasteiger partial charge in [-0.2, -0.15) is 0 Å². The van der Waals surface area contributed by atoms with Crippen LogP contribution in [0.4, 0.5) is 0 Å². The van der Waals surface area contributed by atoms with E-state index in [1.165, 1.54) is 0 Å². The van der Waals surface area contributed by atoms with Gasteiger partial charge in [0.1, 0.15) is 0 Å². The number of aliphatic hydroxyl groups excluding tert-OH is 1. The molecule has 0 aromatic rings. The van der Waals surface area contributed by atoms with Gasteiger partial charge in [0.2, 0.25) is 0 Å². The minimum absolute atomic E-state index is 0.130. The summed E-state index contributed by atoms with van der Waals surface area (Å²) in [4.78, 5) is 0. The van der Waals surface area contributed by atoms with Crippen molar-refractivity contribution in [1.82, 2.24) is 0 Å². The first kappa shape index (κ1) is 11.9. The van der Waals surface area contributed by atoms with E-state index in [1.807, 2.05) is 6.92 Å². The summed E-state index contributed by atoms with van der Waals surface area (Å²) >= 11 is 0. The molecule has 0 heterocycles. The first-order valence-corrected chi connectivity index (χ1v) is 4.93. The van der Waals surface area contributed by atoms with E-state index in [9.17, 15) is 0 Å². The molecule has 0 aromatic heterocycles. The Morgan fingerprint density at radius 1 is 1.25 bits per heavy atom. The molecule has 1 atom stereocenters. The van der Waals surface area contributed by atoms with Crippen molar-refractivity contribution in [3.05, 3.63) is 0 Å². The molecule has 0 aliphatic carbocycles. The molecule has 0 saturated carbocycles. The Kier molecular flexibility index (Phi) is 6.39. The monoisotopic (exact) mass is 174 g/mol. The van der Waals surface area contributed by atoms with Gasteiger partial charge in [0.25, 0.3) is 0 Å². The molecular formula is C10H22O2. The third-order valence-corrected chi connectivity index (χ3v) is 2.06. The van der Waals surface area contributed by atoms with Crippen molar-refractivity contribution in [2.45, 2.75) is 52.1 Å². The minimum atomic E-state index is -0.302. The second kappa shape index (κ2) is 6.44. The van der Waals surface area contributed by atoms with Gasteiger partial charge >= 0.3 is 0 Å². The Morgan fingerprint density at radius 2 is 1.92 bits per heavy atom. The third kappa shape index (κ3) is 4.73. The highest BCUT2D eigenvalue weighted by atomic mass is 16.5. The van der Waals surface area contributed by atoms with Gasteiger partial charge < -0.3 is 9.84 Å². The van der Waals surface area contributed by atoms with E-state index in [4.69, 9.17) is 9.84 Å². The van der Waals surface area contributed by atoms with Crippen LogP contribution in [0.25, 0.3) is 0 Å². The van der Waals surface area contributed by atoms with Crippen molar-refractivity contribution in [3.63, 3.8) is 0 Å². The van der Waals surface area contributed by atoms with Gasteiger partial charge in [-0.25, -0.2) is 0 Å². The lowest BCUT2D eigenvalue weighted by atomic mass is 10.0. The summed E-state index contributed by atoms with van der Waals surface area (Å²) in [6, 6.07) is 0. The van der Waals surface area contributed by atoms with E-state index >= 15 is 0 Å². The van der Waals surface area contributed by atoms with Gasteiger partial charge in [0.15, 0.2) is 0 Å². The summed E-state index contributed by atoms with van der Waals surface area (Å²) in [5, 5.41) is 9.09. The molecule has 0 spiro atoms. The van der Waals surface area contributed by atoms with E-state index < -0.39 is 0 Å². The maximum atomic E-state index is 9.09. The van der Waals surface area contributed by atoms with Crippen molar-refractivity contribution in [3.8, 4) is 0 Å². The van der Waals surface area contributed by atoms with Crippen molar-refractivity contribution in [2.24, 2.45) is 0 Å². The molecule has 0 amide bonds. The number of hydrogen-bond acceptors (Lipinski definition) is 2. The predicted molar refractivity (Wildman–Crippen MR) is 51.3 cm³/mol. The summed E-state index contributed by atoms with van der Waals surface area (Å²) in [6.45, 7) is 7.13. The first-order chi connectivity index (χ1) is 5.68. The average Bonchev–Trinajstić information content (AvgIpc) is 2.06. The third-order valence-electron chi connectivity index (χ3n) is 2.06. The van der Waals surface area contributed by atoms with Crippen LogP contribution in [0.3, 0.4) is 0 Å². The zero-order chi connectivity index (χ0) is 9.45. The zero-order valence-corrected chi connectivity index (χ0v) is 8.60. The molecule has 74 valence electrons. The molecule has 1 N–H and O–H groups in total. The Morgan fingerprint density at radius 3 is 2.33 bits per heavy atom. The van der Waals surface area contributed by atoms with Crippen LogP contribution in [0.2, 0.25) is 0 Å². The number of hydrogen-bond donors (Lipinski definition) is 1. The van der Waals surface area contributed by atoms with E-state index in [1.54, 1.807) is 0 Å². The predicted octanol–water partition coefficient (Wildman–Crippen LogP) is 2.35. The van der Waals surface area contributed by atoms with Gasteiger partial charge in [-0.1, -0.05) is 26.7 Å². The van der Waals surface area contributed by atoms with Crippen LogP contribution in [0.5, 0.6) is 0 Å². The zero-order valence-electron chi connectivity index (χ0n) is 8.60. The van der Waals surface area contributed by atoms with E-state index in [2.05, 4.69) is 13.8 Å². The Bertz CT molecular complexity index is 104. The number of ether oxygens (including phenoxy) is 1. The Balaban J connectivity index is 3.63. The fraction of sp³-hybridized carbons (Fsp3) is 1.00. The van der Waals surface area contributed by atoms with Crippen LogP contribution in [0.1, 0.15) is 46.5 Å². The summed E-state index contributed by atoms with van der Waals surface area (Å²) in [7, 11) is 0. The molecule has 0 aromatic carbocycles. The normalized spacial score (nSPS) is 16.0. The van der Waals surface area contributed by atoms with E-state index in [0.29, 0.717) is 0 Å². The van der Waals surface area contributed by atoms with Crippen molar-refractivity contribution in [2.75, 3.05) is 13.2 Å². The standard InChI is InChI=1S/C10H22O2/c1-4-6-8-12-10(3,9-11)7-5-2/h11H,4-9H2,1-3H3. The Hall–Kier alpha value is -0.0800. The number of aliphatic hydroxyl groups is 1. The van der Waals surface area contributed by atoms with E-state index in [0.717, 1.165) is 32.3 Å². The van der Waals surface area contributed by atoms with Gasteiger partial charge in [-0.3, -0.25) is 0 Å². The van der Waals surface area contributed by atoms with Gasteiger partial charge in [0.05, 0.1) is 12.2 Å². The van der Waals surface area contributed by atoms with Crippen LogP contribution in [0.15, 0.2) is 0 Å². The number of unbranched alkanes of at least 4 members (excludes halogenated alkanes) is 1. The molecule has 0 fully saturated rings. The second-order valence-corrected chi connectivity index (χ2v) is 3.56. The summed E-state index contributed by atoms with van der Waals surface area (Å²) in [5.41, 5.74) is -0.302. The van der Waals surface area contributed by atoms with Gasteiger partial charge in [-0.15, -0.1) is 0 Å². The highest BCUT2D eigenvalue weighted by Gasteiger charge is 2.22. The molecule has 0 rings (SSSR count). The molecule has 2 nitrogen and oxygen atoms in total. The van der Waals surface area contributed by atoms with E-state index in [-0.39, 0.29) is 12.2 Å². The second-order valence-electron chi connectivity index (χ2n) is 3.56.